The third-order valence-electron chi connectivity index (χ3n) is 3.10. The van der Waals surface area contributed by atoms with E-state index in [0.29, 0.717) is 30.3 Å². The van der Waals surface area contributed by atoms with Crippen LogP contribution < -0.4 is 25.0 Å². The molecule has 3 amide bonds. The Morgan fingerprint density at radius 2 is 1.83 bits per heavy atom. The zero-order chi connectivity index (χ0) is 17.4. The third kappa shape index (κ3) is 5.69. The fourth-order valence-corrected chi connectivity index (χ4v) is 2.06. The number of carbonyl (C=O) groups is 2. The summed E-state index contributed by atoms with van der Waals surface area (Å²) in [5.41, 5.74) is 0.682. The van der Waals surface area contributed by atoms with E-state index < -0.39 is 0 Å². The molecule has 0 heterocycles. The van der Waals surface area contributed by atoms with Gasteiger partial charge in [0.05, 0.1) is 14.2 Å². The average molecular weight is 323 g/mol. The maximum absolute atomic E-state index is 11.9. The molecule has 0 bridgehead atoms. The van der Waals surface area contributed by atoms with Crippen LogP contribution in [0, 0.1) is 0 Å². The van der Waals surface area contributed by atoms with Gasteiger partial charge in [0.2, 0.25) is 5.91 Å². The van der Waals surface area contributed by atoms with Gasteiger partial charge in [-0.3, -0.25) is 4.79 Å². The molecular weight excluding hydrogens is 298 g/mol. The van der Waals surface area contributed by atoms with Gasteiger partial charge in [0.1, 0.15) is 0 Å². The van der Waals surface area contributed by atoms with Crippen LogP contribution in [0.15, 0.2) is 18.2 Å². The topological polar surface area (TPSA) is 79.9 Å². The maximum Gasteiger partial charge on any atom is 0.315 e. The lowest BCUT2D eigenvalue weighted by Crippen LogP contribution is -2.43. The summed E-state index contributed by atoms with van der Waals surface area (Å²) in [7, 11) is 3.09. The van der Waals surface area contributed by atoms with Crippen LogP contribution in [0.4, 0.5) is 10.5 Å². The van der Waals surface area contributed by atoms with E-state index in [1.165, 1.54) is 14.0 Å². The predicted octanol–water partition coefficient (Wildman–Crippen LogP) is 1.76. The second-order valence-corrected chi connectivity index (χ2v) is 5.26. The molecule has 0 saturated carbocycles. The van der Waals surface area contributed by atoms with Gasteiger partial charge in [-0.2, -0.15) is 0 Å². The molecule has 2 N–H and O–H groups in total. The van der Waals surface area contributed by atoms with E-state index in [-0.39, 0.29) is 18.0 Å². The Kier molecular flexibility index (Phi) is 7.18. The first kappa shape index (κ1) is 18.6. The van der Waals surface area contributed by atoms with E-state index >= 15 is 0 Å². The van der Waals surface area contributed by atoms with Crippen LogP contribution in [-0.2, 0) is 4.79 Å². The quantitative estimate of drug-likeness (QED) is 0.801. The van der Waals surface area contributed by atoms with Gasteiger partial charge in [-0.15, -0.1) is 0 Å². The van der Waals surface area contributed by atoms with E-state index in [4.69, 9.17) is 9.47 Å². The number of hydrogen-bond donors (Lipinski definition) is 2. The van der Waals surface area contributed by atoms with Crippen LogP contribution in [0.3, 0.4) is 0 Å². The minimum atomic E-state index is -0.254. The molecular formula is C16H25N3O4. The van der Waals surface area contributed by atoms with Gasteiger partial charge in [-0.1, -0.05) is 0 Å². The average Bonchev–Trinajstić information content (AvgIpc) is 2.49. The van der Waals surface area contributed by atoms with Crippen molar-refractivity contribution in [2.24, 2.45) is 0 Å². The van der Waals surface area contributed by atoms with Crippen LogP contribution in [0.1, 0.15) is 20.8 Å². The Morgan fingerprint density at radius 1 is 1.17 bits per heavy atom. The van der Waals surface area contributed by atoms with Crippen molar-refractivity contribution in [3.8, 4) is 11.5 Å². The number of nitrogens with one attached hydrogen (secondary N) is 2. The summed E-state index contributed by atoms with van der Waals surface area (Å²) in [5.74, 6) is 1.01. The number of anilines is 1. The predicted molar refractivity (Wildman–Crippen MR) is 89.2 cm³/mol. The first-order valence-electron chi connectivity index (χ1n) is 7.43. The van der Waals surface area contributed by atoms with Crippen LogP contribution in [-0.4, -0.2) is 45.3 Å². The van der Waals surface area contributed by atoms with Crippen LogP contribution in [0.5, 0.6) is 11.5 Å². The normalized spacial score (nSPS) is 10.2. The van der Waals surface area contributed by atoms with Crippen LogP contribution in [0.2, 0.25) is 0 Å². The molecule has 0 radical (unpaired) electrons. The highest BCUT2D eigenvalue weighted by Gasteiger charge is 2.14. The summed E-state index contributed by atoms with van der Waals surface area (Å²) in [6.45, 7) is 5.93. The van der Waals surface area contributed by atoms with Crippen molar-refractivity contribution in [3.05, 3.63) is 18.2 Å². The zero-order valence-corrected chi connectivity index (χ0v) is 14.3. The van der Waals surface area contributed by atoms with E-state index in [2.05, 4.69) is 10.6 Å². The summed E-state index contributed by atoms with van der Waals surface area (Å²) in [4.78, 5) is 25.0. The maximum atomic E-state index is 11.9. The molecule has 0 fully saturated rings. The van der Waals surface area contributed by atoms with E-state index in [1.54, 1.807) is 30.2 Å². The summed E-state index contributed by atoms with van der Waals surface area (Å²) in [6.07, 6.45) is 0. The number of carbonyl (C=O) groups excluding carboxylic acids is 2. The van der Waals surface area contributed by atoms with Crippen molar-refractivity contribution in [3.63, 3.8) is 0 Å². The molecule has 0 aliphatic heterocycles. The first-order chi connectivity index (χ1) is 10.9. The molecule has 0 atom stereocenters. The number of benzene rings is 1. The Balaban J connectivity index is 2.75. The second-order valence-electron chi connectivity index (χ2n) is 5.26. The Bertz CT molecular complexity index is 546. The number of nitrogens with zero attached hydrogens (tertiary/aromatic N) is 1. The monoisotopic (exact) mass is 323 g/mol. The highest BCUT2D eigenvalue weighted by atomic mass is 16.5. The number of amides is 3. The van der Waals surface area contributed by atoms with Crippen molar-refractivity contribution in [2.75, 3.05) is 32.2 Å². The molecule has 0 aliphatic rings. The molecule has 0 unspecified atom stereocenters. The van der Waals surface area contributed by atoms with E-state index in [0.717, 1.165) is 0 Å². The lowest BCUT2D eigenvalue weighted by atomic mass is 10.2. The highest BCUT2D eigenvalue weighted by Crippen LogP contribution is 2.31. The molecule has 1 aromatic carbocycles. The SMILES string of the molecule is COc1ccc(N(CCNC(=O)NC(C)C)C(C)=O)cc1OC. The molecule has 23 heavy (non-hydrogen) atoms. The van der Waals surface area contributed by atoms with Gasteiger partial charge in [-0.25, -0.2) is 4.79 Å². The molecule has 0 aliphatic carbocycles. The van der Waals surface area contributed by atoms with Crippen molar-refractivity contribution in [2.45, 2.75) is 26.8 Å². The van der Waals surface area contributed by atoms with Crippen LogP contribution >= 0.6 is 0 Å². The number of rotatable bonds is 7. The Labute approximate surface area is 136 Å². The lowest BCUT2D eigenvalue weighted by molar-refractivity contribution is -0.116. The second kappa shape index (κ2) is 8.87. The van der Waals surface area contributed by atoms with Crippen molar-refractivity contribution < 1.29 is 19.1 Å². The molecule has 0 spiro atoms. The van der Waals surface area contributed by atoms with Gasteiger partial charge in [0.25, 0.3) is 0 Å². The fraction of sp³-hybridized carbons (Fsp3) is 0.500. The molecule has 7 heteroatoms. The summed E-state index contributed by atoms with van der Waals surface area (Å²) < 4.78 is 10.4. The van der Waals surface area contributed by atoms with E-state index in [9.17, 15) is 9.59 Å². The fourth-order valence-electron chi connectivity index (χ4n) is 2.06. The zero-order valence-electron chi connectivity index (χ0n) is 14.3. The van der Waals surface area contributed by atoms with Crippen LogP contribution in [0.25, 0.3) is 0 Å². The molecule has 0 saturated heterocycles. The molecule has 1 aromatic rings. The molecule has 0 aromatic heterocycles. The number of hydrogen-bond acceptors (Lipinski definition) is 4. The number of ether oxygens (including phenoxy) is 2. The largest absolute Gasteiger partial charge is 0.493 e. The molecule has 1 rings (SSSR count). The summed E-state index contributed by atoms with van der Waals surface area (Å²) in [5, 5.41) is 5.45. The summed E-state index contributed by atoms with van der Waals surface area (Å²) in [6, 6.07) is 5.05. The lowest BCUT2D eigenvalue weighted by Gasteiger charge is -2.22. The van der Waals surface area contributed by atoms with Crippen molar-refractivity contribution in [1.29, 1.82) is 0 Å². The van der Waals surface area contributed by atoms with Gasteiger partial charge in [0, 0.05) is 37.8 Å². The first-order valence-corrected chi connectivity index (χ1v) is 7.43. The number of urea groups is 1. The Morgan fingerprint density at radius 3 is 2.35 bits per heavy atom. The van der Waals surface area contributed by atoms with Gasteiger partial charge in [-0.05, 0) is 26.0 Å². The minimum absolute atomic E-state index is 0.0600. The molecule has 7 nitrogen and oxygen atoms in total. The smallest absolute Gasteiger partial charge is 0.315 e. The summed E-state index contributed by atoms with van der Waals surface area (Å²) >= 11 is 0. The highest BCUT2D eigenvalue weighted by molar-refractivity contribution is 5.92. The third-order valence-corrected chi connectivity index (χ3v) is 3.10. The molecule has 128 valence electrons. The van der Waals surface area contributed by atoms with E-state index in [1.807, 2.05) is 13.8 Å². The number of methoxy groups -OCH3 is 2. The van der Waals surface area contributed by atoms with Gasteiger partial charge >= 0.3 is 6.03 Å². The standard InChI is InChI=1S/C16H25N3O4/c1-11(2)18-16(21)17-8-9-19(12(3)20)13-6-7-14(22-4)15(10-13)23-5/h6-7,10-11H,8-9H2,1-5H3,(H2,17,18,21). The van der Waals surface area contributed by atoms with Gasteiger partial charge in [0.15, 0.2) is 11.5 Å². The Hall–Kier alpha value is -2.44. The van der Waals surface area contributed by atoms with Crippen molar-refractivity contribution in [1.82, 2.24) is 10.6 Å². The van der Waals surface area contributed by atoms with Gasteiger partial charge < -0.3 is 25.0 Å². The van der Waals surface area contributed by atoms with Crippen molar-refractivity contribution >= 4 is 17.6 Å². The minimum Gasteiger partial charge on any atom is -0.493 e.